The number of piperazine rings is 1. The predicted molar refractivity (Wildman–Crippen MR) is 69.3 cm³/mol. The Hall–Kier alpha value is -0.610. The Labute approximate surface area is 109 Å². The van der Waals surface area contributed by atoms with Crippen molar-refractivity contribution < 1.29 is 9.53 Å². The van der Waals surface area contributed by atoms with Crippen LogP contribution in [0.1, 0.15) is 32.1 Å². The quantitative estimate of drug-likeness (QED) is 0.754. The summed E-state index contributed by atoms with van der Waals surface area (Å²) in [6.45, 7) is 5.89. The molecule has 102 valence electrons. The second-order valence-electron chi connectivity index (χ2n) is 5.89. The van der Waals surface area contributed by atoms with Crippen LogP contribution in [0.15, 0.2) is 0 Å². The van der Waals surface area contributed by atoms with Gasteiger partial charge in [0.05, 0.1) is 6.10 Å². The van der Waals surface area contributed by atoms with Crippen molar-refractivity contribution in [3.05, 3.63) is 0 Å². The standard InChI is InChI=1S/C14H24N2O2/c17-14(12-3-1-4-12)16-8-6-15(7-9-16)11-13-5-2-10-18-13/h12-13H,1-11H2. The number of rotatable bonds is 3. The fourth-order valence-electron chi connectivity index (χ4n) is 3.14. The molecule has 3 rings (SSSR count). The van der Waals surface area contributed by atoms with E-state index in [4.69, 9.17) is 4.74 Å². The molecule has 4 heteroatoms. The highest BCUT2D eigenvalue weighted by atomic mass is 16.5. The van der Waals surface area contributed by atoms with Crippen molar-refractivity contribution in [3.63, 3.8) is 0 Å². The number of nitrogens with zero attached hydrogens (tertiary/aromatic N) is 2. The van der Waals surface area contributed by atoms with E-state index >= 15 is 0 Å². The molecule has 0 spiro atoms. The average molecular weight is 252 g/mol. The van der Waals surface area contributed by atoms with E-state index in [-0.39, 0.29) is 0 Å². The van der Waals surface area contributed by atoms with Gasteiger partial charge >= 0.3 is 0 Å². The molecule has 1 saturated carbocycles. The summed E-state index contributed by atoms with van der Waals surface area (Å²) >= 11 is 0. The maximum absolute atomic E-state index is 12.1. The van der Waals surface area contributed by atoms with Crippen molar-refractivity contribution in [2.45, 2.75) is 38.2 Å². The van der Waals surface area contributed by atoms with Crippen LogP contribution in [0.25, 0.3) is 0 Å². The van der Waals surface area contributed by atoms with Gasteiger partial charge in [0.15, 0.2) is 0 Å². The van der Waals surface area contributed by atoms with Crippen molar-refractivity contribution in [3.8, 4) is 0 Å². The van der Waals surface area contributed by atoms with Crippen molar-refractivity contribution in [1.29, 1.82) is 0 Å². The number of carbonyl (C=O) groups is 1. The number of hydrogen-bond acceptors (Lipinski definition) is 3. The summed E-state index contributed by atoms with van der Waals surface area (Å²) in [5.74, 6) is 0.771. The van der Waals surface area contributed by atoms with Crippen LogP contribution in [-0.4, -0.2) is 61.1 Å². The summed E-state index contributed by atoms with van der Waals surface area (Å²) in [6, 6.07) is 0. The number of carbonyl (C=O) groups excluding carboxylic acids is 1. The molecular formula is C14H24N2O2. The minimum absolute atomic E-state index is 0.356. The molecule has 1 unspecified atom stereocenters. The van der Waals surface area contributed by atoms with E-state index in [1.54, 1.807) is 0 Å². The molecule has 2 heterocycles. The van der Waals surface area contributed by atoms with E-state index in [1.807, 2.05) is 0 Å². The Bertz CT molecular complexity index is 290. The molecule has 1 atom stereocenters. The Morgan fingerprint density at radius 3 is 2.39 bits per heavy atom. The topological polar surface area (TPSA) is 32.8 Å². The van der Waals surface area contributed by atoms with Crippen LogP contribution < -0.4 is 0 Å². The maximum Gasteiger partial charge on any atom is 0.225 e. The van der Waals surface area contributed by atoms with Crippen LogP contribution in [0.3, 0.4) is 0 Å². The highest BCUT2D eigenvalue weighted by molar-refractivity contribution is 5.79. The number of hydrogen-bond donors (Lipinski definition) is 0. The lowest BCUT2D eigenvalue weighted by Crippen LogP contribution is -2.52. The molecule has 4 nitrogen and oxygen atoms in total. The average Bonchev–Trinajstić information content (AvgIpc) is 2.80. The Balaban J connectivity index is 1.41. The Morgan fingerprint density at radius 2 is 1.83 bits per heavy atom. The highest BCUT2D eigenvalue weighted by Crippen LogP contribution is 2.28. The molecular weight excluding hydrogens is 228 g/mol. The molecule has 0 aromatic carbocycles. The number of amides is 1. The normalized spacial score (nSPS) is 30.4. The van der Waals surface area contributed by atoms with Gasteiger partial charge in [0.2, 0.25) is 5.91 Å². The summed E-state index contributed by atoms with van der Waals surface area (Å²) in [7, 11) is 0. The van der Waals surface area contributed by atoms with Crippen LogP contribution in [0.2, 0.25) is 0 Å². The molecule has 18 heavy (non-hydrogen) atoms. The largest absolute Gasteiger partial charge is 0.377 e. The molecule has 0 bridgehead atoms. The first-order chi connectivity index (χ1) is 8.83. The third-order valence-corrected chi connectivity index (χ3v) is 4.62. The van der Waals surface area contributed by atoms with Crippen molar-refractivity contribution in [2.75, 3.05) is 39.3 Å². The van der Waals surface area contributed by atoms with Gasteiger partial charge in [-0.05, 0) is 25.7 Å². The lowest BCUT2D eigenvalue weighted by Gasteiger charge is -2.38. The van der Waals surface area contributed by atoms with Gasteiger partial charge in [0.25, 0.3) is 0 Å². The Morgan fingerprint density at radius 1 is 1.06 bits per heavy atom. The number of ether oxygens (including phenoxy) is 1. The fraction of sp³-hybridized carbons (Fsp3) is 0.929. The van der Waals surface area contributed by atoms with Crippen LogP contribution in [-0.2, 0) is 9.53 Å². The molecule has 3 fully saturated rings. The van der Waals surface area contributed by atoms with Gasteiger partial charge in [-0.1, -0.05) is 6.42 Å². The molecule has 3 aliphatic rings. The molecule has 1 amide bonds. The third-order valence-electron chi connectivity index (χ3n) is 4.62. The van der Waals surface area contributed by atoms with E-state index in [1.165, 1.54) is 19.3 Å². The van der Waals surface area contributed by atoms with Crippen molar-refractivity contribution >= 4 is 5.91 Å². The lowest BCUT2D eigenvalue weighted by molar-refractivity contribution is -0.140. The van der Waals surface area contributed by atoms with Crippen LogP contribution >= 0.6 is 0 Å². The first kappa shape index (κ1) is 12.4. The molecule has 1 aliphatic carbocycles. The predicted octanol–water partition coefficient (Wildman–Crippen LogP) is 1.11. The molecule has 0 aromatic rings. The minimum Gasteiger partial charge on any atom is -0.377 e. The maximum atomic E-state index is 12.1. The molecule has 0 aromatic heterocycles. The second-order valence-corrected chi connectivity index (χ2v) is 5.89. The molecule has 2 aliphatic heterocycles. The van der Waals surface area contributed by atoms with Gasteiger partial charge in [0.1, 0.15) is 0 Å². The molecule has 0 N–H and O–H groups in total. The summed E-state index contributed by atoms with van der Waals surface area (Å²) in [5, 5.41) is 0. The van der Waals surface area contributed by atoms with Crippen LogP contribution in [0.5, 0.6) is 0 Å². The van der Waals surface area contributed by atoms with E-state index in [9.17, 15) is 4.79 Å². The van der Waals surface area contributed by atoms with Gasteiger partial charge in [-0.3, -0.25) is 9.69 Å². The summed E-state index contributed by atoms with van der Waals surface area (Å²) in [6.07, 6.45) is 6.35. The zero-order chi connectivity index (χ0) is 12.4. The molecule has 0 radical (unpaired) electrons. The third kappa shape index (κ3) is 2.69. The smallest absolute Gasteiger partial charge is 0.225 e. The van der Waals surface area contributed by atoms with E-state index < -0.39 is 0 Å². The first-order valence-corrected chi connectivity index (χ1v) is 7.45. The zero-order valence-corrected chi connectivity index (χ0v) is 11.1. The summed E-state index contributed by atoms with van der Waals surface area (Å²) in [4.78, 5) is 16.7. The summed E-state index contributed by atoms with van der Waals surface area (Å²) in [5.41, 5.74) is 0. The summed E-state index contributed by atoms with van der Waals surface area (Å²) < 4.78 is 5.67. The zero-order valence-electron chi connectivity index (χ0n) is 11.1. The minimum atomic E-state index is 0.356. The van der Waals surface area contributed by atoms with Gasteiger partial charge < -0.3 is 9.64 Å². The van der Waals surface area contributed by atoms with E-state index in [0.717, 1.165) is 52.2 Å². The first-order valence-electron chi connectivity index (χ1n) is 7.45. The van der Waals surface area contributed by atoms with Crippen LogP contribution in [0, 0.1) is 5.92 Å². The second kappa shape index (κ2) is 5.57. The van der Waals surface area contributed by atoms with Gasteiger partial charge in [-0.2, -0.15) is 0 Å². The van der Waals surface area contributed by atoms with Crippen LogP contribution in [0.4, 0.5) is 0 Å². The van der Waals surface area contributed by atoms with Crippen molar-refractivity contribution in [2.24, 2.45) is 5.92 Å². The SMILES string of the molecule is O=C(C1CCC1)N1CCN(CC2CCCO2)CC1. The monoisotopic (exact) mass is 252 g/mol. The highest BCUT2D eigenvalue weighted by Gasteiger charge is 2.31. The Kier molecular flexibility index (Phi) is 3.85. The molecule has 2 saturated heterocycles. The van der Waals surface area contributed by atoms with Gasteiger partial charge in [-0.25, -0.2) is 0 Å². The van der Waals surface area contributed by atoms with E-state index in [2.05, 4.69) is 9.80 Å². The van der Waals surface area contributed by atoms with Crippen molar-refractivity contribution in [1.82, 2.24) is 9.80 Å². The lowest BCUT2D eigenvalue weighted by atomic mass is 9.84. The van der Waals surface area contributed by atoms with Gasteiger partial charge in [0, 0.05) is 45.2 Å². The fourth-order valence-corrected chi connectivity index (χ4v) is 3.14. The van der Waals surface area contributed by atoms with E-state index in [0.29, 0.717) is 17.9 Å². The van der Waals surface area contributed by atoms with Gasteiger partial charge in [-0.15, -0.1) is 0 Å².